The van der Waals surface area contributed by atoms with Crippen molar-refractivity contribution in [1.29, 1.82) is 0 Å². The van der Waals surface area contributed by atoms with Crippen molar-refractivity contribution in [1.82, 2.24) is 0 Å². The summed E-state index contributed by atoms with van der Waals surface area (Å²) in [5.74, 6) is 0.470. The number of carbonyl (C=O) groups excluding carboxylic acids is 1. The summed E-state index contributed by atoms with van der Waals surface area (Å²) in [5, 5.41) is 8.80. The highest BCUT2D eigenvalue weighted by molar-refractivity contribution is 5.68. The minimum Gasteiger partial charge on any atom is -0.469 e. The third kappa shape index (κ3) is 15.1. The number of allylic oxidation sites excluding steroid dienone is 5. The molecule has 0 aromatic rings. The minimum absolute atomic E-state index is 0.118. The molecule has 1 N–H and O–H groups in total. The lowest BCUT2D eigenvalue weighted by molar-refractivity contribution is -0.204. The third-order valence-corrected chi connectivity index (χ3v) is 3.47. The van der Waals surface area contributed by atoms with E-state index in [0.717, 1.165) is 44.9 Å². The molecule has 0 heterocycles. The molecule has 23 heavy (non-hydrogen) atoms. The van der Waals surface area contributed by atoms with E-state index in [4.69, 9.17) is 5.26 Å². The van der Waals surface area contributed by atoms with E-state index in [1.165, 1.54) is 13.5 Å². The summed E-state index contributed by atoms with van der Waals surface area (Å²) in [4.78, 5) is 15.3. The van der Waals surface area contributed by atoms with Crippen LogP contribution < -0.4 is 0 Å². The monoisotopic (exact) mass is 324 g/mol. The van der Waals surface area contributed by atoms with Crippen molar-refractivity contribution in [2.24, 2.45) is 0 Å². The van der Waals surface area contributed by atoms with Gasteiger partial charge in [0.15, 0.2) is 0 Å². The molecule has 4 heteroatoms. The Labute approximate surface area is 140 Å². The summed E-state index contributed by atoms with van der Waals surface area (Å²) >= 11 is 0. The Kier molecular flexibility index (Phi) is 15.7. The van der Waals surface area contributed by atoms with Crippen LogP contribution in [0.25, 0.3) is 0 Å². The molecule has 0 amide bonds. The van der Waals surface area contributed by atoms with Gasteiger partial charge in [-0.05, 0) is 38.2 Å². The molecular weight excluding hydrogens is 292 g/mol. The summed E-state index contributed by atoms with van der Waals surface area (Å²) in [7, 11) is 1.43. The van der Waals surface area contributed by atoms with Crippen molar-refractivity contribution in [2.45, 2.75) is 71.1 Å². The van der Waals surface area contributed by atoms with E-state index in [0.29, 0.717) is 18.6 Å². The standard InChI is InChI=1S/C19H32O4/c1-3-4-5-12-15-18(23-21)16-13-10-8-6-7-9-11-14-17-19(20)22-2/h4-5,10,13,15,21H,3,6-9,11-12,14,16-17H2,1-2H3/b5-4-,13-10-,18-15-. The predicted octanol–water partition coefficient (Wildman–Crippen LogP) is 5.57. The van der Waals surface area contributed by atoms with Crippen LogP contribution in [0.2, 0.25) is 0 Å². The molecule has 0 fully saturated rings. The second-order valence-electron chi connectivity index (χ2n) is 5.44. The zero-order valence-electron chi connectivity index (χ0n) is 14.6. The van der Waals surface area contributed by atoms with Crippen LogP contribution in [-0.4, -0.2) is 18.3 Å². The van der Waals surface area contributed by atoms with Crippen molar-refractivity contribution in [3.05, 3.63) is 36.1 Å². The van der Waals surface area contributed by atoms with Gasteiger partial charge in [-0.25, -0.2) is 5.26 Å². The molecule has 0 aromatic heterocycles. The molecule has 0 saturated heterocycles. The number of ether oxygens (including phenoxy) is 1. The molecular formula is C19H32O4. The first-order valence-electron chi connectivity index (χ1n) is 8.61. The summed E-state index contributed by atoms with van der Waals surface area (Å²) in [6, 6.07) is 0. The lowest BCUT2D eigenvalue weighted by atomic mass is 10.1. The topological polar surface area (TPSA) is 55.8 Å². The van der Waals surface area contributed by atoms with Crippen LogP contribution in [0.1, 0.15) is 71.1 Å². The molecule has 0 aliphatic rings. The van der Waals surface area contributed by atoms with Gasteiger partial charge >= 0.3 is 5.97 Å². The number of unbranched alkanes of at least 4 members (excludes halogenated alkanes) is 5. The van der Waals surface area contributed by atoms with Gasteiger partial charge in [-0.3, -0.25) is 4.79 Å². The second-order valence-corrected chi connectivity index (χ2v) is 5.44. The minimum atomic E-state index is -0.118. The van der Waals surface area contributed by atoms with Crippen LogP contribution in [0.15, 0.2) is 36.1 Å². The lowest BCUT2D eigenvalue weighted by Crippen LogP contribution is -1.99. The molecule has 0 saturated carbocycles. The van der Waals surface area contributed by atoms with Gasteiger partial charge in [-0.1, -0.05) is 50.5 Å². The first-order chi connectivity index (χ1) is 11.2. The first kappa shape index (κ1) is 21.4. The molecule has 0 atom stereocenters. The largest absolute Gasteiger partial charge is 0.469 e. The highest BCUT2D eigenvalue weighted by atomic mass is 17.1. The number of esters is 1. The molecule has 0 rings (SSSR count). The van der Waals surface area contributed by atoms with Crippen molar-refractivity contribution >= 4 is 5.97 Å². The average molecular weight is 324 g/mol. The first-order valence-corrected chi connectivity index (χ1v) is 8.61. The summed E-state index contributed by atoms with van der Waals surface area (Å²) < 4.78 is 4.60. The van der Waals surface area contributed by atoms with Gasteiger partial charge in [-0.2, -0.15) is 0 Å². The van der Waals surface area contributed by atoms with Gasteiger partial charge in [0, 0.05) is 12.8 Å². The maximum atomic E-state index is 10.9. The molecule has 4 nitrogen and oxygen atoms in total. The van der Waals surface area contributed by atoms with Crippen LogP contribution in [0.5, 0.6) is 0 Å². The van der Waals surface area contributed by atoms with E-state index < -0.39 is 0 Å². The third-order valence-electron chi connectivity index (χ3n) is 3.47. The van der Waals surface area contributed by atoms with E-state index in [2.05, 4.69) is 34.8 Å². The summed E-state index contributed by atoms with van der Waals surface area (Å²) in [5.41, 5.74) is 0. The van der Waals surface area contributed by atoms with Crippen LogP contribution in [-0.2, 0) is 14.4 Å². The summed E-state index contributed by atoms with van der Waals surface area (Å²) in [6.07, 6.45) is 19.6. The van der Waals surface area contributed by atoms with Gasteiger partial charge in [0.1, 0.15) is 5.76 Å². The quantitative estimate of drug-likeness (QED) is 0.113. The van der Waals surface area contributed by atoms with Gasteiger partial charge in [0.2, 0.25) is 0 Å². The highest BCUT2D eigenvalue weighted by Crippen LogP contribution is 2.10. The smallest absolute Gasteiger partial charge is 0.305 e. The van der Waals surface area contributed by atoms with Gasteiger partial charge in [0.05, 0.1) is 7.11 Å². The van der Waals surface area contributed by atoms with Crippen molar-refractivity contribution in [3.63, 3.8) is 0 Å². The number of hydrogen-bond acceptors (Lipinski definition) is 4. The number of rotatable bonds is 14. The number of hydrogen-bond donors (Lipinski definition) is 1. The Balaban J connectivity index is 3.58. The van der Waals surface area contributed by atoms with Crippen molar-refractivity contribution in [2.75, 3.05) is 7.11 Å². The molecule has 0 unspecified atom stereocenters. The second kappa shape index (κ2) is 16.8. The predicted molar refractivity (Wildman–Crippen MR) is 93.9 cm³/mol. The van der Waals surface area contributed by atoms with E-state index in [1.54, 1.807) is 0 Å². The Hall–Kier alpha value is -1.55. The normalized spacial score (nSPS) is 12.2. The van der Waals surface area contributed by atoms with E-state index >= 15 is 0 Å². The van der Waals surface area contributed by atoms with E-state index in [-0.39, 0.29) is 5.97 Å². The van der Waals surface area contributed by atoms with Crippen LogP contribution >= 0.6 is 0 Å². The molecule has 0 aliphatic heterocycles. The van der Waals surface area contributed by atoms with Crippen molar-refractivity contribution < 1.29 is 19.7 Å². The van der Waals surface area contributed by atoms with Crippen molar-refractivity contribution in [3.8, 4) is 0 Å². The Morgan fingerprint density at radius 1 is 1.00 bits per heavy atom. The fourth-order valence-corrected chi connectivity index (χ4v) is 2.10. The van der Waals surface area contributed by atoms with Crippen LogP contribution in [0.4, 0.5) is 0 Å². The Morgan fingerprint density at radius 2 is 1.74 bits per heavy atom. The maximum Gasteiger partial charge on any atom is 0.305 e. The number of methoxy groups -OCH3 is 1. The molecule has 0 aliphatic carbocycles. The van der Waals surface area contributed by atoms with Crippen LogP contribution in [0, 0.1) is 0 Å². The number of carbonyl (C=O) groups is 1. The fraction of sp³-hybridized carbons (Fsp3) is 0.632. The van der Waals surface area contributed by atoms with E-state index in [9.17, 15) is 4.79 Å². The molecule has 0 aromatic carbocycles. The molecule has 132 valence electrons. The average Bonchev–Trinajstić information content (AvgIpc) is 2.57. The SMILES string of the molecule is CC/C=C\C/C=C(/C/C=C\CCCCCCCC(=O)OC)OO. The zero-order chi connectivity index (χ0) is 17.2. The Morgan fingerprint density at radius 3 is 2.43 bits per heavy atom. The molecule has 0 bridgehead atoms. The van der Waals surface area contributed by atoms with Gasteiger partial charge in [-0.15, -0.1) is 0 Å². The molecule has 0 spiro atoms. The zero-order valence-corrected chi connectivity index (χ0v) is 14.6. The molecule has 0 radical (unpaired) electrons. The fourth-order valence-electron chi connectivity index (χ4n) is 2.10. The highest BCUT2D eigenvalue weighted by Gasteiger charge is 1.98. The summed E-state index contributed by atoms with van der Waals surface area (Å²) in [6.45, 7) is 2.09. The van der Waals surface area contributed by atoms with Gasteiger partial charge in [0.25, 0.3) is 0 Å². The van der Waals surface area contributed by atoms with Gasteiger partial charge < -0.3 is 9.62 Å². The van der Waals surface area contributed by atoms with E-state index in [1.807, 2.05) is 12.2 Å². The van der Waals surface area contributed by atoms with Crippen LogP contribution in [0.3, 0.4) is 0 Å². The Bertz CT molecular complexity index is 370. The lowest BCUT2D eigenvalue weighted by Gasteiger charge is -2.00. The maximum absolute atomic E-state index is 10.9.